The van der Waals surface area contributed by atoms with Crippen LogP contribution in [0.15, 0.2) is 41.2 Å². The van der Waals surface area contributed by atoms with Gasteiger partial charge in [-0.25, -0.2) is 13.8 Å². The molecule has 152 valence electrons. The fourth-order valence-electron chi connectivity index (χ4n) is 3.46. The van der Waals surface area contributed by atoms with Crippen molar-refractivity contribution in [3.63, 3.8) is 0 Å². The Labute approximate surface area is 177 Å². The van der Waals surface area contributed by atoms with Crippen LogP contribution in [-0.2, 0) is 0 Å². The lowest BCUT2D eigenvalue weighted by molar-refractivity contribution is -0.583. The first-order valence-electron chi connectivity index (χ1n) is 8.81. The quantitative estimate of drug-likeness (QED) is 0.305. The molecule has 3 heterocycles. The molecule has 0 amide bonds. The smallest absolute Gasteiger partial charge is 0.279 e. The van der Waals surface area contributed by atoms with Crippen LogP contribution in [0.1, 0.15) is 11.3 Å². The second kappa shape index (κ2) is 6.72. The molecule has 0 saturated carbocycles. The molecule has 0 saturated heterocycles. The van der Waals surface area contributed by atoms with Gasteiger partial charge < -0.3 is 9.73 Å². The van der Waals surface area contributed by atoms with Crippen molar-refractivity contribution in [3.05, 3.63) is 69.8 Å². The molecule has 5 aromatic rings. The van der Waals surface area contributed by atoms with E-state index in [1.165, 1.54) is 18.5 Å². The zero-order valence-electron chi connectivity index (χ0n) is 15.6. The van der Waals surface area contributed by atoms with Crippen molar-refractivity contribution in [2.45, 2.75) is 6.92 Å². The maximum Gasteiger partial charge on any atom is 0.279 e. The van der Waals surface area contributed by atoms with Crippen LogP contribution in [0.2, 0.25) is 5.02 Å². The van der Waals surface area contributed by atoms with Crippen molar-refractivity contribution >= 4 is 28.2 Å². The molecule has 0 N–H and O–H groups in total. The van der Waals surface area contributed by atoms with Gasteiger partial charge in [-0.2, -0.15) is 15.0 Å². The topological polar surface area (TPSA) is 107 Å². The van der Waals surface area contributed by atoms with Gasteiger partial charge in [0.15, 0.2) is 5.69 Å². The summed E-state index contributed by atoms with van der Waals surface area (Å²) < 4.78 is 34.7. The summed E-state index contributed by atoms with van der Waals surface area (Å²) in [7, 11) is 0. The third-order valence-corrected chi connectivity index (χ3v) is 5.21. The minimum atomic E-state index is -0.845. The Kier molecular flexibility index (Phi) is 4.09. The van der Waals surface area contributed by atoms with Crippen LogP contribution in [0.5, 0.6) is 0 Å². The van der Waals surface area contributed by atoms with Gasteiger partial charge in [0.25, 0.3) is 11.4 Å². The van der Waals surface area contributed by atoms with Gasteiger partial charge in [0.05, 0.1) is 10.6 Å². The summed E-state index contributed by atoms with van der Waals surface area (Å²) >= 11 is 6.08. The van der Waals surface area contributed by atoms with Gasteiger partial charge in [0, 0.05) is 13.0 Å². The standard InChI is InChI=1S/C20H9ClF2N6O2/c1-9-17-16(20-26-19(27-31-20)11-3-2-10(22)6-14(11)23)25-8-28(17)15-5-4-13(21)12(7-24)18(15)29(9)30/h2-6,8H,1H3. The van der Waals surface area contributed by atoms with Crippen molar-refractivity contribution in [2.24, 2.45) is 0 Å². The van der Waals surface area contributed by atoms with E-state index >= 15 is 0 Å². The maximum absolute atomic E-state index is 14.1. The van der Waals surface area contributed by atoms with Crippen molar-refractivity contribution in [1.82, 2.24) is 19.5 Å². The lowest BCUT2D eigenvalue weighted by Crippen LogP contribution is -2.33. The molecule has 0 unspecified atom stereocenters. The molecular formula is C20H9ClF2N6O2. The molecular weight excluding hydrogens is 430 g/mol. The van der Waals surface area contributed by atoms with Gasteiger partial charge in [-0.1, -0.05) is 16.8 Å². The molecule has 0 radical (unpaired) electrons. The minimum absolute atomic E-state index is 0.0429. The average molecular weight is 439 g/mol. The third-order valence-electron chi connectivity index (χ3n) is 4.90. The van der Waals surface area contributed by atoms with Gasteiger partial charge in [-0.3, -0.25) is 4.40 Å². The summed E-state index contributed by atoms with van der Waals surface area (Å²) in [5.74, 6) is -1.73. The number of rotatable bonds is 2. The zero-order chi connectivity index (χ0) is 21.9. The van der Waals surface area contributed by atoms with Crippen LogP contribution in [0.3, 0.4) is 0 Å². The van der Waals surface area contributed by atoms with E-state index in [-0.39, 0.29) is 44.8 Å². The summed E-state index contributed by atoms with van der Waals surface area (Å²) in [5, 5.41) is 26.3. The van der Waals surface area contributed by atoms with E-state index in [9.17, 15) is 19.2 Å². The van der Waals surface area contributed by atoms with Gasteiger partial charge in [0.2, 0.25) is 11.5 Å². The maximum atomic E-state index is 14.1. The van der Waals surface area contributed by atoms with Gasteiger partial charge in [0.1, 0.15) is 40.6 Å². The first kappa shape index (κ1) is 18.9. The average Bonchev–Trinajstić information content (AvgIpc) is 3.39. The minimum Gasteiger partial charge on any atom is -0.618 e. The number of aryl methyl sites for hydroxylation is 1. The number of nitriles is 1. The second-order valence-corrected chi connectivity index (χ2v) is 7.05. The van der Waals surface area contributed by atoms with E-state index in [1.54, 1.807) is 17.4 Å². The summed E-state index contributed by atoms with van der Waals surface area (Å²) in [5.41, 5.74) is 1.27. The van der Waals surface area contributed by atoms with Crippen molar-refractivity contribution in [2.75, 3.05) is 0 Å². The molecule has 0 fully saturated rings. The van der Waals surface area contributed by atoms with Gasteiger partial charge in [-0.15, -0.1) is 0 Å². The van der Waals surface area contributed by atoms with Crippen molar-refractivity contribution < 1.29 is 18.0 Å². The largest absolute Gasteiger partial charge is 0.618 e. The highest BCUT2D eigenvalue weighted by Crippen LogP contribution is 2.31. The van der Waals surface area contributed by atoms with Crippen LogP contribution in [0, 0.1) is 35.1 Å². The number of imidazole rings is 1. The van der Waals surface area contributed by atoms with E-state index in [4.69, 9.17) is 16.1 Å². The molecule has 8 nitrogen and oxygen atoms in total. The Morgan fingerprint density at radius 3 is 2.81 bits per heavy atom. The Morgan fingerprint density at radius 2 is 2.06 bits per heavy atom. The highest BCUT2D eigenvalue weighted by molar-refractivity contribution is 6.32. The van der Waals surface area contributed by atoms with E-state index in [0.29, 0.717) is 21.8 Å². The predicted molar refractivity (Wildman–Crippen MR) is 105 cm³/mol. The summed E-state index contributed by atoms with van der Waals surface area (Å²) in [6, 6.07) is 8.05. The number of aromatic nitrogens is 5. The lowest BCUT2D eigenvalue weighted by atomic mass is 10.1. The first-order chi connectivity index (χ1) is 14.9. The molecule has 0 aliphatic rings. The number of benzene rings is 2. The van der Waals surface area contributed by atoms with Crippen LogP contribution in [-0.4, -0.2) is 19.5 Å². The van der Waals surface area contributed by atoms with Crippen LogP contribution >= 0.6 is 11.6 Å². The number of hydrogen-bond acceptors (Lipinski definition) is 6. The molecule has 0 atom stereocenters. The van der Waals surface area contributed by atoms with Crippen LogP contribution < -0.4 is 4.73 Å². The molecule has 0 spiro atoms. The molecule has 0 aliphatic heterocycles. The van der Waals surface area contributed by atoms with E-state index in [2.05, 4.69) is 15.1 Å². The van der Waals surface area contributed by atoms with Crippen LogP contribution in [0.4, 0.5) is 8.78 Å². The van der Waals surface area contributed by atoms with Gasteiger partial charge in [-0.05, 0) is 24.3 Å². The third kappa shape index (κ3) is 2.71. The van der Waals surface area contributed by atoms with E-state index in [1.807, 2.05) is 6.07 Å². The molecule has 3 aromatic heterocycles. The molecule has 2 aromatic carbocycles. The fourth-order valence-corrected chi connectivity index (χ4v) is 3.65. The summed E-state index contributed by atoms with van der Waals surface area (Å²) in [4.78, 5) is 8.45. The Morgan fingerprint density at radius 1 is 1.26 bits per heavy atom. The highest BCUT2D eigenvalue weighted by Gasteiger charge is 2.26. The zero-order valence-corrected chi connectivity index (χ0v) is 16.4. The Balaban J connectivity index is 1.75. The molecule has 5 rings (SSSR count). The van der Waals surface area contributed by atoms with E-state index in [0.717, 1.165) is 6.07 Å². The van der Waals surface area contributed by atoms with E-state index < -0.39 is 11.6 Å². The fraction of sp³-hybridized carbons (Fsp3) is 0.0500. The highest BCUT2D eigenvalue weighted by atomic mass is 35.5. The number of hydrogen-bond donors (Lipinski definition) is 0. The molecule has 0 bridgehead atoms. The first-order valence-corrected chi connectivity index (χ1v) is 9.19. The Bertz CT molecular complexity index is 1570. The summed E-state index contributed by atoms with van der Waals surface area (Å²) in [6.07, 6.45) is 1.44. The lowest BCUT2D eigenvalue weighted by Gasteiger charge is -2.10. The normalized spacial score (nSPS) is 11.3. The predicted octanol–water partition coefficient (Wildman–Crippen LogP) is 3.95. The number of nitrogens with zero attached hydrogens (tertiary/aromatic N) is 6. The van der Waals surface area contributed by atoms with Crippen molar-refractivity contribution in [1.29, 1.82) is 5.26 Å². The molecule has 11 heteroatoms. The SMILES string of the molecule is Cc1c2c(-c3nc(-c4ccc(F)cc4F)no3)ncn2c2ccc(Cl)c(C#N)c2[n+]1[O-]. The van der Waals surface area contributed by atoms with Gasteiger partial charge >= 0.3 is 0 Å². The molecule has 31 heavy (non-hydrogen) atoms. The second-order valence-electron chi connectivity index (χ2n) is 6.64. The summed E-state index contributed by atoms with van der Waals surface area (Å²) in [6.45, 7) is 1.55. The van der Waals surface area contributed by atoms with Crippen molar-refractivity contribution in [3.8, 4) is 29.0 Å². The number of fused-ring (bicyclic) bond motifs is 3. The Hall–Kier alpha value is -4.10. The molecule has 0 aliphatic carbocycles. The monoisotopic (exact) mass is 438 g/mol. The van der Waals surface area contributed by atoms with Crippen LogP contribution in [0.25, 0.3) is 39.5 Å². The number of halogens is 3.